The fourth-order valence-corrected chi connectivity index (χ4v) is 3.76. The fraction of sp³-hybridized carbons (Fsp3) is 0.450. The first kappa shape index (κ1) is 16.9. The summed E-state index contributed by atoms with van der Waals surface area (Å²) in [5, 5.41) is 13.1. The van der Waals surface area contributed by atoms with Crippen molar-refractivity contribution in [3.63, 3.8) is 0 Å². The molecule has 1 N–H and O–H groups in total. The number of aliphatic hydroxyl groups is 1. The van der Waals surface area contributed by atoms with Gasteiger partial charge < -0.3 is 14.9 Å². The number of amides is 1. The molecule has 0 aromatic heterocycles. The molecular formula is C20H26N2O2. The third-order valence-corrected chi connectivity index (χ3v) is 4.74. The zero-order valence-corrected chi connectivity index (χ0v) is 14.5. The molecule has 128 valence electrons. The van der Waals surface area contributed by atoms with Gasteiger partial charge in [0.1, 0.15) is 0 Å². The van der Waals surface area contributed by atoms with Gasteiger partial charge in [-0.1, -0.05) is 42.5 Å². The molecule has 1 aliphatic heterocycles. The van der Waals surface area contributed by atoms with Crippen LogP contribution in [0.1, 0.15) is 18.4 Å². The highest BCUT2D eigenvalue weighted by Gasteiger charge is 2.35. The minimum absolute atomic E-state index is 0.100. The van der Waals surface area contributed by atoms with Crippen molar-refractivity contribution in [1.82, 2.24) is 9.80 Å². The van der Waals surface area contributed by atoms with Crippen LogP contribution in [0.2, 0.25) is 0 Å². The molecule has 4 nitrogen and oxygen atoms in total. The number of nitrogens with zero attached hydrogens (tertiary/aromatic N) is 2. The Morgan fingerprint density at radius 2 is 1.96 bits per heavy atom. The quantitative estimate of drug-likeness (QED) is 0.937. The molecule has 1 fully saturated rings. The van der Waals surface area contributed by atoms with Gasteiger partial charge in [0.2, 0.25) is 5.91 Å². The molecule has 0 spiro atoms. The minimum Gasteiger partial charge on any atom is -0.387 e. The summed E-state index contributed by atoms with van der Waals surface area (Å²) in [6.07, 6.45) is 1.99. The molecule has 4 heteroatoms. The number of piperidine rings is 1. The number of hydrogen-bond donors (Lipinski definition) is 1. The van der Waals surface area contributed by atoms with Crippen LogP contribution < -0.4 is 0 Å². The Morgan fingerprint density at radius 3 is 2.75 bits per heavy atom. The maximum absolute atomic E-state index is 12.8. The van der Waals surface area contributed by atoms with Gasteiger partial charge in [-0.2, -0.15) is 0 Å². The average molecular weight is 326 g/mol. The highest BCUT2D eigenvalue weighted by Crippen LogP contribution is 2.24. The Bertz CT molecular complexity index is 723. The normalized spacial score (nSPS) is 21.4. The second kappa shape index (κ2) is 6.91. The summed E-state index contributed by atoms with van der Waals surface area (Å²) in [4.78, 5) is 16.6. The van der Waals surface area contributed by atoms with Gasteiger partial charge in [-0.05, 0) is 43.3 Å². The topological polar surface area (TPSA) is 43.8 Å². The van der Waals surface area contributed by atoms with E-state index >= 15 is 0 Å². The molecule has 24 heavy (non-hydrogen) atoms. The number of likely N-dealkylation sites (N-methyl/N-ethyl adjacent to an activating group) is 1. The number of carbonyl (C=O) groups is 1. The van der Waals surface area contributed by atoms with Crippen LogP contribution in [0.5, 0.6) is 0 Å². The maximum Gasteiger partial charge on any atom is 0.227 e. The summed E-state index contributed by atoms with van der Waals surface area (Å²) in [6, 6.07) is 14.3. The van der Waals surface area contributed by atoms with E-state index in [1.165, 1.54) is 0 Å². The van der Waals surface area contributed by atoms with E-state index in [-0.39, 0.29) is 5.91 Å². The number of β-amino-alcohol motifs (C(OH)–C–C–N with tert-alkyl or cyclic N) is 1. The van der Waals surface area contributed by atoms with Gasteiger partial charge >= 0.3 is 0 Å². The molecule has 1 amide bonds. The third kappa shape index (κ3) is 3.77. The number of fused-ring (bicyclic) bond motifs is 1. The van der Waals surface area contributed by atoms with E-state index in [0.717, 1.165) is 35.7 Å². The molecule has 0 saturated carbocycles. The Morgan fingerprint density at radius 1 is 1.21 bits per heavy atom. The number of likely N-dealkylation sites (tertiary alicyclic amines) is 1. The summed E-state index contributed by atoms with van der Waals surface area (Å²) >= 11 is 0. The molecule has 0 radical (unpaired) electrons. The molecule has 3 rings (SSSR count). The van der Waals surface area contributed by atoms with Crippen LogP contribution in [0.3, 0.4) is 0 Å². The molecule has 1 aliphatic rings. The first-order chi connectivity index (χ1) is 11.5. The smallest absolute Gasteiger partial charge is 0.227 e. The SMILES string of the molecule is CN(C)C[C@]1(O)CCCN(C(=O)Cc2cccc3ccccc23)C1. The van der Waals surface area contributed by atoms with Gasteiger partial charge in [0.15, 0.2) is 0 Å². The van der Waals surface area contributed by atoms with E-state index in [9.17, 15) is 9.90 Å². The first-order valence-electron chi connectivity index (χ1n) is 8.58. The van der Waals surface area contributed by atoms with Crippen LogP contribution in [0.4, 0.5) is 0 Å². The standard InChI is InChI=1S/C20H26N2O2/c1-21(2)14-20(24)11-6-12-22(15-20)19(23)13-17-9-5-8-16-7-3-4-10-18(16)17/h3-5,7-10,24H,6,11-15H2,1-2H3/t20-/m1/s1. The van der Waals surface area contributed by atoms with Crippen molar-refractivity contribution in [2.75, 3.05) is 33.7 Å². The van der Waals surface area contributed by atoms with Crippen molar-refractivity contribution in [3.05, 3.63) is 48.0 Å². The number of benzene rings is 2. The zero-order chi connectivity index (χ0) is 17.2. The van der Waals surface area contributed by atoms with E-state index in [2.05, 4.69) is 18.2 Å². The summed E-state index contributed by atoms with van der Waals surface area (Å²) in [7, 11) is 3.91. The molecule has 0 bridgehead atoms. The van der Waals surface area contributed by atoms with Crippen molar-refractivity contribution in [3.8, 4) is 0 Å². The summed E-state index contributed by atoms with van der Waals surface area (Å²) in [5.74, 6) is 0.100. The summed E-state index contributed by atoms with van der Waals surface area (Å²) in [5.41, 5.74) is 0.260. The van der Waals surface area contributed by atoms with Crippen molar-refractivity contribution in [2.24, 2.45) is 0 Å². The van der Waals surface area contributed by atoms with Gasteiger partial charge in [0.05, 0.1) is 18.6 Å². The monoisotopic (exact) mass is 326 g/mol. The largest absolute Gasteiger partial charge is 0.387 e. The second-order valence-electron chi connectivity index (χ2n) is 7.20. The van der Waals surface area contributed by atoms with Gasteiger partial charge in [0, 0.05) is 13.1 Å². The Labute approximate surface area is 143 Å². The second-order valence-corrected chi connectivity index (χ2v) is 7.20. The predicted octanol–water partition coefficient (Wildman–Crippen LogP) is 2.30. The summed E-state index contributed by atoms with van der Waals surface area (Å²) < 4.78 is 0. The Balaban J connectivity index is 1.74. The van der Waals surface area contributed by atoms with Gasteiger partial charge in [0.25, 0.3) is 0 Å². The van der Waals surface area contributed by atoms with E-state index in [1.54, 1.807) is 0 Å². The number of rotatable bonds is 4. The maximum atomic E-state index is 12.8. The van der Waals surface area contributed by atoms with E-state index in [4.69, 9.17) is 0 Å². The molecule has 1 atom stereocenters. The molecular weight excluding hydrogens is 300 g/mol. The van der Waals surface area contributed by atoms with Crippen LogP contribution >= 0.6 is 0 Å². The van der Waals surface area contributed by atoms with Crippen molar-refractivity contribution < 1.29 is 9.90 Å². The van der Waals surface area contributed by atoms with Crippen molar-refractivity contribution in [1.29, 1.82) is 0 Å². The highest BCUT2D eigenvalue weighted by molar-refractivity contribution is 5.90. The highest BCUT2D eigenvalue weighted by atomic mass is 16.3. The lowest BCUT2D eigenvalue weighted by Gasteiger charge is -2.40. The van der Waals surface area contributed by atoms with Crippen LogP contribution in [-0.2, 0) is 11.2 Å². The molecule has 0 unspecified atom stereocenters. The van der Waals surface area contributed by atoms with Gasteiger partial charge in [-0.3, -0.25) is 4.79 Å². The van der Waals surface area contributed by atoms with E-state index < -0.39 is 5.60 Å². The van der Waals surface area contributed by atoms with Crippen LogP contribution in [0.25, 0.3) is 10.8 Å². The van der Waals surface area contributed by atoms with Crippen molar-refractivity contribution >= 4 is 16.7 Å². The van der Waals surface area contributed by atoms with Crippen LogP contribution in [0.15, 0.2) is 42.5 Å². The lowest BCUT2D eigenvalue weighted by molar-refractivity contribution is -0.138. The lowest BCUT2D eigenvalue weighted by Crippen LogP contribution is -2.55. The van der Waals surface area contributed by atoms with E-state index in [0.29, 0.717) is 19.5 Å². The molecule has 0 aliphatic carbocycles. The van der Waals surface area contributed by atoms with Crippen molar-refractivity contribution in [2.45, 2.75) is 24.9 Å². The number of hydrogen-bond acceptors (Lipinski definition) is 3. The Hall–Kier alpha value is -1.91. The lowest BCUT2D eigenvalue weighted by atomic mass is 9.91. The Kier molecular flexibility index (Phi) is 4.88. The molecule has 2 aromatic rings. The third-order valence-electron chi connectivity index (χ3n) is 4.74. The van der Waals surface area contributed by atoms with Crippen LogP contribution in [-0.4, -0.2) is 60.1 Å². The fourth-order valence-electron chi connectivity index (χ4n) is 3.76. The van der Waals surface area contributed by atoms with Gasteiger partial charge in [-0.15, -0.1) is 0 Å². The summed E-state index contributed by atoms with van der Waals surface area (Å²) in [6.45, 7) is 1.75. The predicted molar refractivity (Wildman–Crippen MR) is 97.0 cm³/mol. The van der Waals surface area contributed by atoms with E-state index in [1.807, 2.05) is 48.2 Å². The van der Waals surface area contributed by atoms with Gasteiger partial charge in [-0.25, -0.2) is 0 Å². The minimum atomic E-state index is -0.795. The first-order valence-corrected chi connectivity index (χ1v) is 8.58. The molecule has 1 saturated heterocycles. The zero-order valence-electron chi connectivity index (χ0n) is 14.5. The molecule has 2 aromatic carbocycles. The van der Waals surface area contributed by atoms with Crippen LogP contribution in [0, 0.1) is 0 Å². The number of carbonyl (C=O) groups excluding carboxylic acids is 1. The average Bonchev–Trinajstić information content (AvgIpc) is 2.54. The molecule has 1 heterocycles.